The lowest BCUT2D eigenvalue weighted by Gasteiger charge is -2.11. The van der Waals surface area contributed by atoms with Crippen LogP contribution in [0.15, 0.2) is 42.5 Å². The van der Waals surface area contributed by atoms with Gasteiger partial charge in [0.05, 0.1) is 0 Å². The molecular weight excluding hydrogens is 350 g/mol. The number of hydrogen-bond acceptors (Lipinski definition) is 6. The Morgan fingerprint density at radius 2 is 1.70 bits per heavy atom. The van der Waals surface area contributed by atoms with Gasteiger partial charge < -0.3 is 16.4 Å². The van der Waals surface area contributed by atoms with Gasteiger partial charge in [-0.1, -0.05) is 6.07 Å². The molecule has 3 aromatic rings. The summed E-state index contributed by atoms with van der Waals surface area (Å²) in [5.41, 5.74) is 6.52. The molecule has 0 atom stereocenters. The van der Waals surface area contributed by atoms with Crippen LogP contribution in [0.1, 0.15) is 12.8 Å². The van der Waals surface area contributed by atoms with Crippen molar-refractivity contribution >= 4 is 23.1 Å². The summed E-state index contributed by atoms with van der Waals surface area (Å²) in [4.78, 5) is 13.2. The molecule has 0 unspecified atom stereocenters. The average Bonchev–Trinajstić information content (AvgIpc) is 3.43. The first kappa shape index (κ1) is 17.1. The van der Waals surface area contributed by atoms with Crippen LogP contribution in [0.4, 0.5) is 31.9 Å². The Kier molecular flexibility index (Phi) is 4.53. The van der Waals surface area contributed by atoms with Crippen LogP contribution in [0.5, 0.6) is 0 Å². The first-order valence-electron chi connectivity index (χ1n) is 8.64. The van der Waals surface area contributed by atoms with E-state index in [1.807, 2.05) is 0 Å². The van der Waals surface area contributed by atoms with Gasteiger partial charge in [0, 0.05) is 24.4 Å². The normalized spacial score (nSPS) is 13.4. The summed E-state index contributed by atoms with van der Waals surface area (Å²) in [7, 11) is 0. The fourth-order valence-corrected chi connectivity index (χ4v) is 2.64. The van der Waals surface area contributed by atoms with E-state index < -0.39 is 11.6 Å². The van der Waals surface area contributed by atoms with Crippen LogP contribution in [-0.4, -0.2) is 21.5 Å². The highest BCUT2D eigenvalue weighted by Gasteiger charge is 2.21. The Morgan fingerprint density at radius 3 is 2.41 bits per heavy atom. The van der Waals surface area contributed by atoms with Crippen molar-refractivity contribution in [3.05, 3.63) is 54.1 Å². The molecule has 0 aliphatic heterocycles. The van der Waals surface area contributed by atoms with Crippen LogP contribution >= 0.6 is 0 Å². The molecule has 0 saturated heterocycles. The Balaban J connectivity index is 1.68. The predicted octanol–water partition coefficient (Wildman–Crippen LogP) is 3.96. The van der Waals surface area contributed by atoms with Crippen molar-refractivity contribution in [3.63, 3.8) is 0 Å². The first-order valence-corrected chi connectivity index (χ1v) is 8.64. The van der Waals surface area contributed by atoms with E-state index in [9.17, 15) is 8.78 Å². The van der Waals surface area contributed by atoms with Gasteiger partial charge in [0.15, 0.2) is 5.82 Å². The molecule has 8 heteroatoms. The van der Waals surface area contributed by atoms with E-state index in [0.29, 0.717) is 34.9 Å². The van der Waals surface area contributed by atoms with Crippen molar-refractivity contribution in [2.24, 2.45) is 5.92 Å². The molecule has 138 valence electrons. The lowest BCUT2D eigenvalue weighted by molar-refractivity contribution is 0.584. The van der Waals surface area contributed by atoms with Crippen LogP contribution in [-0.2, 0) is 0 Å². The predicted molar refractivity (Wildman–Crippen MR) is 101 cm³/mol. The largest absolute Gasteiger partial charge is 0.384 e. The summed E-state index contributed by atoms with van der Waals surface area (Å²) < 4.78 is 26.9. The second-order valence-corrected chi connectivity index (χ2v) is 6.52. The molecule has 0 bridgehead atoms. The SMILES string of the molecule is Nc1cccc(-c2nc(NCC3CC3)cc(Nc3cc(F)cc(F)c3)n2)n1. The van der Waals surface area contributed by atoms with Crippen molar-refractivity contribution in [2.75, 3.05) is 22.9 Å². The van der Waals surface area contributed by atoms with Gasteiger partial charge in [-0.2, -0.15) is 0 Å². The molecule has 0 amide bonds. The van der Waals surface area contributed by atoms with Crippen molar-refractivity contribution in [2.45, 2.75) is 12.8 Å². The highest BCUT2D eigenvalue weighted by molar-refractivity contribution is 5.64. The van der Waals surface area contributed by atoms with Crippen molar-refractivity contribution in [1.82, 2.24) is 15.0 Å². The number of anilines is 4. The Bertz CT molecular complexity index is 954. The molecule has 4 rings (SSSR count). The zero-order chi connectivity index (χ0) is 18.8. The van der Waals surface area contributed by atoms with Gasteiger partial charge in [-0.3, -0.25) is 0 Å². The number of pyridine rings is 1. The van der Waals surface area contributed by atoms with Gasteiger partial charge in [-0.15, -0.1) is 0 Å². The number of benzene rings is 1. The van der Waals surface area contributed by atoms with Gasteiger partial charge in [0.1, 0.15) is 34.8 Å². The minimum absolute atomic E-state index is 0.255. The third kappa shape index (κ3) is 4.46. The summed E-state index contributed by atoms with van der Waals surface area (Å²) in [6.07, 6.45) is 2.41. The number of rotatable bonds is 6. The zero-order valence-corrected chi connectivity index (χ0v) is 14.4. The number of nitrogens with zero attached hydrogens (tertiary/aromatic N) is 3. The minimum Gasteiger partial charge on any atom is -0.384 e. The molecule has 2 aromatic heterocycles. The first-order chi connectivity index (χ1) is 13.0. The van der Waals surface area contributed by atoms with Crippen LogP contribution in [0.3, 0.4) is 0 Å². The van der Waals surface area contributed by atoms with Gasteiger partial charge >= 0.3 is 0 Å². The molecule has 6 nitrogen and oxygen atoms in total. The number of aromatic nitrogens is 3. The standard InChI is InChI=1S/C19H18F2N6/c20-12-6-13(21)8-14(7-12)24-18-9-17(23-10-11-4-5-11)26-19(27-18)15-2-1-3-16(22)25-15/h1-3,6-9,11H,4-5,10H2,(H2,22,25)(H2,23,24,26,27). The van der Waals surface area contributed by atoms with Gasteiger partial charge in [-0.05, 0) is 43.0 Å². The van der Waals surface area contributed by atoms with Gasteiger partial charge in [0.2, 0.25) is 0 Å². The number of nitrogens with two attached hydrogens (primary N) is 1. The Labute approximate surface area is 154 Å². The smallest absolute Gasteiger partial charge is 0.182 e. The summed E-state index contributed by atoms with van der Waals surface area (Å²) in [5.74, 6) is 1.04. The maximum Gasteiger partial charge on any atom is 0.182 e. The summed E-state index contributed by atoms with van der Waals surface area (Å²) >= 11 is 0. The summed E-state index contributed by atoms with van der Waals surface area (Å²) in [5, 5.41) is 6.21. The van der Waals surface area contributed by atoms with E-state index in [1.165, 1.54) is 25.0 Å². The number of halogens is 2. The molecule has 1 aromatic carbocycles. The maximum atomic E-state index is 13.5. The maximum absolute atomic E-state index is 13.5. The Hall–Kier alpha value is -3.29. The van der Waals surface area contributed by atoms with E-state index in [1.54, 1.807) is 24.3 Å². The fraction of sp³-hybridized carbons (Fsp3) is 0.211. The van der Waals surface area contributed by atoms with Crippen LogP contribution in [0.25, 0.3) is 11.5 Å². The number of hydrogen-bond donors (Lipinski definition) is 3. The van der Waals surface area contributed by atoms with Crippen molar-refractivity contribution in [1.29, 1.82) is 0 Å². The second kappa shape index (κ2) is 7.14. The monoisotopic (exact) mass is 368 g/mol. The second-order valence-electron chi connectivity index (χ2n) is 6.52. The van der Waals surface area contributed by atoms with E-state index in [-0.39, 0.29) is 5.69 Å². The van der Waals surface area contributed by atoms with Crippen molar-refractivity contribution in [3.8, 4) is 11.5 Å². The number of nitrogen functional groups attached to an aromatic ring is 1. The third-order valence-corrected chi connectivity index (χ3v) is 4.13. The molecule has 1 aliphatic rings. The van der Waals surface area contributed by atoms with E-state index in [0.717, 1.165) is 12.6 Å². The van der Waals surface area contributed by atoms with Gasteiger partial charge in [-0.25, -0.2) is 23.7 Å². The summed E-state index contributed by atoms with van der Waals surface area (Å²) in [6, 6.07) is 10.1. The van der Waals surface area contributed by atoms with E-state index in [4.69, 9.17) is 5.73 Å². The molecule has 1 aliphatic carbocycles. The molecule has 1 fully saturated rings. The summed E-state index contributed by atoms with van der Waals surface area (Å²) in [6.45, 7) is 0.814. The lowest BCUT2D eigenvalue weighted by Crippen LogP contribution is -2.08. The van der Waals surface area contributed by atoms with Crippen LogP contribution < -0.4 is 16.4 Å². The molecule has 27 heavy (non-hydrogen) atoms. The molecule has 0 radical (unpaired) electrons. The third-order valence-electron chi connectivity index (χ3n) is 4.13. The van der Waals surface area contributed by atoms with Gasteiger partial charge in [0.25, 0.3) is 0 Å². The molecule has 4 N–H and O–H groups in total. The van der Waals surface area contributed by atoms with Crippen LogP contribution in [0, 0.1) is 17.6 Å². The molecule has 0 spiro atoms. The minimum atomic E-state index is -0.670. The van der Waals surface area contributed by atoms with E-state index >= 15 is 0 Å². The quantitative estimate of drug-likeness (QED) is 0.610. The molecular formula is C19H18F2N6. The highest BCUT2D eigenvalue weighted by atomic mass is 19.1. The fourth-order valence-electron chi connectivity index (χ4n) is 2.64. The molecule has 1 saturated carbocycles. The lowest BCUT2D eigenvalue weighted by atomic mass is 10.3. The highest BCUT2D eigenvalue weighted by Crippen LogP contribution is 2.29. The zero-order valence-electron chi connectivity index (χ0n) is 14.4. The molecule has 2 heterocycles. The number of nitrogens with one attached hydrogen (secondary N) is 2. The average molecular weight is 368 g/mol. The topological polar surface area (TPSA) is 88.8 Å². The van der Waals surface area contributed by atoms with E-state index in [2.05, 4.69) is 25.6 Å². The Morgan fingerprint density at radius 1 is 0.963 bits per heavy atom. The van der Waals surface area contributed by atoms with Crippen molar-refractivity contribution < 1.29 is 8.78 Å². The van der Waals surface area contributed by atoms with Crippen LogP contribution in [0.2, 0.25) is 0 Å².